The van der Waals surface area contributed by atoms with Crippen molar-refractivity contribution in [1.82, 2.24) is 36.1 Å². The fourth-order valence-electron chi connectivity index (χ4n) is 6.92. The van der Waals surface area contributed by atoms with Crippen LogP contribution in [0, 0.1) is 10.8 Å². The summed E-state index contributed by atoms with van der Waals surface area (Å²) >= 11 is 0. The van der Waals surface area contributed by atoms with E-state index < -0.39 is 35.3 Å². The molecule has 4 heterocycles. The topological polar surface area (TPSA) is 189 Å². The molecule has 2 unspecified atom stereocenters. The van der Waals surface area contributed by atoms with E-state index in [1.165, 1.54) is 11.8 Å². The van der Waals surface area contributed by atoms with Gasteiger partial charge in [0.2, 0.25) is 5.96 Å². The lowest BCUT2D eigenvalue weighted by Crippen LogP contribution is -2.81. The van der Waals surface area contributed by atoms with E-state index in [0.29, 0.717) is 23.0 Å². The van der Waals surface area contributed by atoms with E-state index in [0.717, 1.165) is 24.8 Å². The maximum absolute atomic E-state index is 13.7. The van der Waals surface area contributed by atoms with Crippen LogP contribution < -0.4 is 26.0 Å². The van der Waals surface area contributed by atoms with Crippen molar-refractivity contribution in [2.24, 2.45) is 0 Å². The largest absolute Gasteiger partial charge is 0.492 e. The summed E-state index contributed by atoms with van der Waals surface area (Å²) in [6.07, 6.45) is 2.74. The molecule has 14 nitrogen and oxygen atoms in total. The van der Waals surface area contributed by atoms with Crippen molar-refractivity contribution in [2.45, 2.75) is 80.9 Å². The highest BCUT2D eigenvalue weighted by molar-refractivity contribution is 5.98. The number of urea groups is 1. The van der Waals surface area contributed by atoms with Crippen molar-refractivity contribution < 1.29 is 24.6 Å². The first-order valence-electron chi connectivity index (χ1n) is 14.1. The Morgan fingerprint density at radius 3 is 2.63 bits per heavy atom. The quantitative estimate of drug-likeness (QED) is 0.240. The number of ether oxygens (including phenoxy) is 1. The number of hydroxylamine groups is 2. The van der Waals surface area contributed by atoms with Gasteiger partial charge >= 0.3 is 6.03 Å². The number of nitrogens with zero attached hydrogens (tertiary/aromatic N) is 3. The molecule has 3 amide bonds. The summed E-state index contributed by atoms with van der Waals surface area (Å²) in [4.78, 5) is 29.5. The zero-order chi connectivity index (χ0) is 29.5. The fourth-order valence-corrected chi connectivity index (χ4v) is 6.92. The third kappa shape index (κ3) is 3.90. The molecular weight excluding hydrogens is 530 g/mol. The molecule has 14 heteroatoms. The second-order valence-corrected chi connectivity index (χ2v) is 12.6. The van der Waals surface area contributed by atoms with Gasteiger partial charge in [0.1, 0.15) is 11.4 Å². The molecule has 0 bridgehead atoms. The first-order valence-corrected chi connectivity index (χ1v) is 14.1. The predicted octanol–water partition coefficient (Wildman–Crippen LogP) is -0.0839. The summed E-state index contributed by atoms with van der Waals surface area (Å²) in [7, 11) is 1.73. The minimum absolute atomic E-state index is 0.0159. The lowest BCUT2D eigenvalue weighted by Gasteiger charge is -2.54. The number of benzene rings is 1. The van der Waals surface area contributed by atoms with Crippen LogP contribution in [-0.2, 0) is 5.41 Å². The van der Waals surface area contributed by atoms with Crippen molar-refractivity contribution in [1.29, 1.82) is 10.8 Å². The molecule has 0 radical (unpaired) electrons. The van der Waals surface area contributed by atoms with Crippen LogP contribution in [0.15, 0.2) is 18.2 Å². The summed E-state index contributed by atoms with van der Waals surface area (Å²) in [6.45, 7) is 6.24. The Balaban J connectivity index is 1.28. The highest BCUT2D eigenvalue weighted by Gasteiger charge is 2.75. The highest BCUT2D eigenvalue weighted by Crippen LogP contribution is 2.48. The zero-order valence-corrected chi connectivity index (χ0v) is 23.7. The van der Waals surface area contributed by atoms with Gasteiger partial charge in [-0.25, -0.2) is 4.79 Å². The number of fused-ring (bicyclic) bond motifs is 1. The van der Waals surface area contributed by atoms with Crippen LogP contribution >= 0.6 is 0 Å². The Bertz CT molecular complexity index is 1310. The molecule has 8 N–H and O–H groups in total. The first kappa shape index (κ1) is 27.4. The Labute approximate surface area is 238 Å². The van der Waals surface area contributed by atoms with Gasteiger partial charge in [-0.2, -0.15) is 5.06 Å². The maximum Gasteiger partial charge on any atom is 0.317 e. The molecule has 3 saturated heterocycles. The molecule has 1 spiro atoms. The van der Waals surface area contributed by atoms with Crippen molar-refractivity contribution in [3.8, 4) is 5.75 Å². The van der Waals surface area contributed by atoms with Crippen LogP contribution in [-0.4, -0.2) is 111 Å². The van der Waals surface area contributed by atoms with Gasteiger partial charge in [0.15, 0.2) is 11.6 Å². The van der Waals surface area contributed by atoms with Gasteiger partial charge in [-0.15, -0.1) is 0 Å². The number of carbonyl (C=O) groups is 2. The van der Waals surface area contributed by atoms with E-state index in [4.69, 9.17) is 15.6 Å². The minimum atomic E-state index is -1.85. The van der Waals surface area contributed by atoms with Crippen molar-refractivity contribution in [3.63, 3.8) is 0 Å². The Morgan fingerprint density at radius 2 is 1.93 bits per heavy atom. The third-order valence-electron chi connectivity index (χ3n) is 9.61. The second kappa shape index (κ2) is 9.11. The highest BCUT2D eigenvalue weighted by atomic mass is 16.5. The van der Waals surface area contributed by atoms with Gasteiger partial charge < -0.3 is 40.9 Å². The Morgan fingerprint density at radius 1 is 1.20 bits per heavy atom. The van der Waals surface area contributed by atoms with Crippen LogP contribution in [0.4, 0.5) is 4.79 Å². The average Bonchev–Trinajstić information content (AvgIpc) is 3.69. The number of amides is 3. The molecule has 4 aliphatic heterocycles. The van der Waals surface area contributed by atoms with Gasteiger partial charge in [0.25, 0.3) is 5.91 Å². The first-order chi connectivity index (χ1) is 19.3. The molecule has 0 aromatic heterocycles. The molecule has 4 fully saturated rings. The molecule has 1 saturated carbocycles. The number of para-hydroxylation sites is 1. The number of guanidine groups is 2. The Hall–Kier alpha value is -3.78. The van der Waals surface area contributed by atoms with Crippen molar-refractivity contribution >= 4 is 23.9 Å². The maximum atomic E-state index is 13.7. The number of carbonyl (C=O) groups excluding carboxylic acids is 2. The number of aliphatic hydroxyl groups is 1. The summed E-state index contributed by atoms with van der Waals surface area (Å²) in [5, 5.41) is 53.0. The van der Waals surface area contributed by atoms with Gasteiger partial charge in [-0.05, 0) is 37.7 Å². The molecular formula is C27H39N9O5. The molecule has 1 aromatic rings. The molecule has 222 valence electrons. The van der Waals surface area contributed by atoms with Crippen LogP contribution in [0.3, 0.4) is 0 Å². The minimum Gasteiger partial charge on any atom is -0.492 e. The summed E-state index contributed by atoms with van der Waals surface area (Å²) in [6, 6.07) is 2.97. The third-order valence-corrected chi connectivity index (χ3v) is 9.61. The van der Waals surface area contributed by atoms with E-state index in [9.17, 15) is 19.9 Å². The van der Waals surface area contributed by atoms with Crippen LogP contribution in [0.25, 0.3) is 0 Å². The monoisotopic (exact) mass is 569 g/mol. The predicted molar refractivity (Wildman–Crippen MR) is 148 cm³/mol. The van der Waals surface area contributed by atoms with E-state index in [1.807, 2.05) is 12.1 Å². The summed E-state index contributed by atoms with van der Waals surface area (Å²) < 4.78 is 5.93. The van der Waals surface area contributed by atoms with Gasteiger partial charge in [0.05, 0.1) is 30.3 Å². The van der Waals surface area contributed by atoms with Crippen LogP contribution in [0.1, 0.15) is 56.0 Å². The molecule has 1 aromatic carbocycles. The number of nitrogens with one attached hydrogen (secondary N) is 6. The van der Waals surface area contributed by atoms with Crippen LogP contribution in [0.2, 0.25) is 0 Å². The van der Waals surface area contributed by atoms with E-state index >= 15 is 0 Å². The SMILES string of the molecule is CN(C(=O)NC[C@@H]1NC(=N)N2C[C@H](NC(=O)c3cccc4c3OCCC4(C)C)[C@](C)(O)C23C1NC(=N)N3O)C1CC1. The van der Waals surface area contributed by atoms with Gasteiger partial charge in [-0.3, -0.25) is 20.8 Å². The molecule has 41 heavy (non-hydrogen) atoms. The van der Waals surface area contributed by atoms with E-state index in [1.54, 1.807) is 18.0 Å². The molecule has 5 atom stereocenters. The smallest absolute Gasteiger partial charge is 0.317 e. The fraction of sp³-hybridized carbons (Fsp3) is 0.630. The number of hydrogen-bond donors (Lipinski definition) is 8. The Kier molecular flexibility index (Phi) is 6.09. The van der Waals surface area contributed by atoms with Crippen LogP contribution in [0.5, 0.6) is 5.75 Å². The number of hydrogen-bond acceptors (Lipinski definition) is 7. The molecule has 1 aliphatic carbocycles. The molecule has 6 rings (SSSR count). The lowest BCUT2D eigenvalue weighted by atomic mass is 9.77. The summed E-state index contributed by atoms with van der Waals surface area (Å²) in [5.41, 5.74) is -2.45. The number of rotatable bonds is 5. The average molecular weight is 570 g/mol. The van der Waals surface area contributed by atoms with Crippen molar-refractivity contribution in [2.75, 3.05) is 26.7 Å². The van der Waals surface area contributed by atoms with Gasteiger partial charge in [-0.1, -0.05) is 26.0 Å². The van der Waals surface area contributed by atoms with E-state index in [2.05, 4.69) is 35.1 Å². The van der Waals surface area contributed by atoms with Gasteiger partial charge in [0, 0.05) is 31.7 Å². The second-order valence-electron chi connectivity index (χ2n) is 12.6. The standard InChI is InChI=1S/C27H39N9O5/c1-25(2)10-11-41-19-15(6-5-7-16(19)25)21(37)32-18-13-35-22(28)31-17(12-30-24(38)34(4)14-8-9-14)20-27(35,26(18,3)39)36(40)23(29)33-20/h5-7,14,17-18,20,39-40H,8-13H2,1-4H3,(H2,28,31)(H2,29,33)(H,30,38)(H,32,37)/t17-,18-,20?,26-,27?/m0/s1. The zero-order valence-electron chi connectivity index (χ0n) is 23.7. The summed E-state index contributed by atoms with van der Waals surface area (Å²) in [5.74, 6) is -0.398. The normalized spacial score (nSPS) is 33.1. The van der Waals surface area contributed by atoms with E-state index in [-0.39, 0.29) is 42.5 Å². The molecule has 5 aliphatic rings. The lowest BCUT2D eigenvalue weighted by molar-refractivity contribution is -0.218. The van der Waals surface area contributed by atoms with Crippen molar-refractivity contribution in [3.05, 3.63) is 29.3 Å².